The lowest BCUT2D eigenvalue weighted by atomic mass is 10.2. The first-order valence-corrected chi connectivity index (χ1v) is 8.49. The summed E-state index contributed by atoms with van der Waals surface area (Å²) in [5, 5.41) is 17.7. The van der Waals surface area contributed by atoms with Crippen molar-refractivity contribution in [1.29, 1.82) is 0 Å². The number of anilines is 1. The smallest absolute Gasteiger partial charge is 0.289 e. The van der Waals surface area contributed by atoms with Crippen LogP contribution in [0.1, 0.15) is 13.0 Å². The van der Waals surface area contributed by atoms with E-state index in [1.165, 1.54) is 25.1 Å². The highest BCUT2D eigenvalue weighted by Gasteiger charge is 2.20. The summed E-state index contributed by atoms with van der Waals surface area (Å²) in [6.07, 6.45) is 3.20. The molecule has 1 unspecified atom stereocenters. The van der Waals surface area contributed by atoms with Gasteiger partial charge in [0, 0.05) is 35.8 Å². The molecule has 0 saturated heterocycles. The number of carbonyl (C=O) groups is 1. The Morgan fingerprint density at radius 1 is 1.29 bits per heavy atom. The van der Waals surface area contributed by atoms with Crippen LogP contribution in [0.15, 0.2) is 59.7 Å². The van der Waals surface area contributed by atoms with E-state index in [1.807, 2.05) is 0 Å². The second kappa shape index (κ2) is 7.97. The van der Waals surface area contributed by atoms with Gasteiger partial charge in [-0.05, 0) is 37.3 Å². The minimum atomic E-state index is -0.959. The van der Waals surface area contributed by atoms with Crippen LogP contribution < -0.4 is 10.9 Å². The zero-order chi connectivity index (χ0) is 20.3. The van der Waals surface area contributed by atoms with Gasteiger partial charge in [-0.1, -0.05) is 11.6 Å². The van der Waals surface area contributed by atoms with E-state index >= 15 is 0 Å². The number of hydrogen-bond acceptors (Lipinski definition) is 6. The van der Waals surface area contributed by atoms with Gasteiger partial charge in [-0.15, -0.1) is 0 Å². The van der Waals surface area contributed by atoms with E-state index in [0.29, 0.717) is 11.3 Å². The van der Waals surface area contributed by atoms with Gasteiger partial charge in [0.05, 0.1) is 10.6 Å². The van der Waals surface area contributed by atoms with Gasteiger partial charge in [-0.25, -0.2) is 4.68 Å². The molecule has 3 rings (SSSR count). The Kier molecular flexibility index (Phi) is 5.46. The van der Waals surface area contributed by atoms with E-state index in [9.17, 15) is 19.7 Å². The highest BCUT2D eigenvalue weighted by molar-refractivity contribution is 6.32. The number of nitrogens with one attached hydrogen (secondary N) is 1. The SMILES string of the molecule is CC(C(=O)Nc1ccc(Cl)c([N+](=O)[O-])c1)n1nc(-c2cccnc2)ccc1=O. The quantitative estimate of drug-likeness (QED) is 0.520. The van der Waals surface area contributed by atoms with Gasteiger partial charge < -0.3 is 5.32 Å². The first-order valence-electron chi connectivity index (χ1n) is 8.12. The predicted molar refractivity (Wildman–Crippen MR) is 103 cm³/mol. The Hall–Kier alpha value is -3.59. The maximum Gasteiger partial charge on any atom is 0.289 e. The standard InChI is InChI=1S/C18H14ClN5O4/c1-11(18(26)21-13-4-5-14(19)16(9-13)24(27)28)23-17(25)7-6-15(22-23)12-3-2-8-20-10-12/h2-11H,1H3,(H,21,26). The highest BCUT2D eigenvalue weighted by atomic mass is 35.5. The van der Waals surface area contributed by atoms with Crippen LogP contribution in [-0.2, 0) is 4.79 Å². The normalized spacial score (nSPS) is 11.6. The molecule has 1 N–H and O–H groups in total. The summed E-state index contributed by atoms with van der Waals surface area (Å²) < 4.78 is 1.04. The third-order valence-electron chi connectivity index (χ3n) is 3.94. The fraction of sp³-hybridized carbons (Fsp3) is 0.111. The average molecular weight is 400 g/mol. The maximum atomic E-state index is 12.6. The van der Waals surface area contributed by atoms with E-state index in [2.05, 4.69) is 15.4 Å². The Balaban J connectivity index is 1.87. The number of rotatable bonds is 5. The summed E-state index contributed by atoms with van der Waals surface area (Å²) in [4.78, 5) is 39.1. The first kappa shape index (κ1) is 19.2. The van der Waals surface area contributed by atoms with Gasteiger partial charge in [0.15, 0.2) is 0 Å². The second-order valence-corrected chi connectivity index (χ2v) is 6.24. The molecule has 2 aromatic heterocycles. The molecule has 0 aliphatic heterocycles. The summed E-state index contributed by atoms with van der Waals surface area (Å²) in [6, 6.07) is 9.30. The zero-order valence-electron chi connectivity index (χ0n) is 14.6. The molecule has 0 radical (unpaired) electrons. The number of hydrogen-bond donors (Lipinski definition) is 1. The van der Waals surface area contributed by atoms with E-state index in [-0.39, 0.29) is 16.4 Å². The molecule has 0 aliphatic rings. The van der Waals surface area contributed by atoms with Crippen LogP contribution in [0.3, 0.4) is 0 Å². The molecule has 2 heterocycles. The Morgan fingerprint density at radius 3 is 2.75 bits per heavy atom. The summed E-state index contributed by atoms with van der Waals surface area (Å²) in [7, 11) is 0. The molecule has 3 aromatic rings. The minimum Gasteiger partial charge on any atom is -0.324 e. The van der Waals surface area contributed by atoms with Crippen LogP contribution in [0.25, 0.3) is 11.3 Å². The van der Waals surface area contributed by atoms with Crippen molar-refractivity contribution in [2.45, 2.75) is 13.0 Å². The van der Waals surface area contributed by atoms with Crippen LogP contribution in [-0.4, -0.2) is 25.6 Å². The summed E-state index contributed by atoms with van der Waals surface area (Å²) >= 11 is 5.77. The van der Waals surface area contributed by atoms with Gasteiger partial charge >= 0.3 is 0 Å². The van der Waals surface area contributed by atoms with Crippen molar-refractivity contribution in [1.82, 2.24) is 14.8 Å². The van der Waals surface area contributed by atoms with Crippen molar-refractivity contribution in [3.05, 3.63) is 80.3 Å². The maximum absolute atomic E-state index is 12.6. The van der Waals surface area contributed by atoms with Crippen LogP contribution in [0, 0.1) is 10.1 Å². The van der Waals surface area contributed by atoms with Gasteiger partial charge in [-0.3, -0.25) is 24.7 Å². The molecule has 0 fully saturated rings. The van der Waals surface area contributed by atoms with Crippen molar-refractivity contribution in [2.75, 3.05) is 5.32 Å². The molecule has 9 nitrogen and oxygen atoms in total. The van der Waals surface area contributed by atoms with Gasteiger partial charge in [0.25, 0.3) is 11.2 Å². The Bertz CT molecular complexity index is 1100. The lowest BCUT2D eigenvalue weighted by Gasteiger charge is -2.15. The predicted octanol–water partition coefficient (Wildman–Crippen LogP) is 3.07. The van der Waals surface area contributed by atoms with Crippen molar-refractivity contribution in [3.63, 3.8) is 0 Å². The van der Waals surface area contributed by atoms with Crippen LogP contribution in [0.5, 0.6) is 0 Å². The Labute approximate surface area is 163 Å². The number of nitro groups is 1. The largest absolute Gasteiger partial charge is 0.324 e. The number of amides is 1. The van der Waals surface area contributed by atoms with Gasteiger partial charge in [0.1, 0.15) is 11.1 Å². The van der Waals surface area contributed by atoms with E-state index in [1.54, 1.807) is 30.6 Å². The Morgan fingerprint density at radius 2 is 2.07 bits per heavy atom. The van der Waals surface area contributed by atoms with Crippen molar-refractivity contribution < 1.29 is 9.72 Å². The fourth-order valence-corrected chi connectivity index (χ4v) is 2.65. The third-order valence-corrected chi connectivity index (χ3v) is 4.26. The molecular formula is C18H14ClN5O4. The number of halogens is 1. The number of pyridine rings is 1. The van der Waals surface area contributed by atoms with Crippen LogP contribution >= 0.6 is 11.6 Å². The van der Waals surface area contributed by atoms with E-state index in [0.717, 1.165) is 10.7 Å². The van der Waals surface area contributed by atoms with E-state index < -0.39 is 22.4 Å². The lowest BCUT2D eigenvalue weighted by Crippen LogP contribution is -2.33. The molecule has 0 spiro atoms. The van der Waals surface area contributed by atoms with Crippen LogP contribution in [0.2, 0.25) is 5.02 Å². The summed E-state index contributed by atoms with van der Waals surface area (Å²) in [5.41, 5.74) is 0.564. The number of nitro benzene ring substituents is 1. The second-order valence-electron chi connectivity index (χ2n) is 5.83. The average Bonchev–Trinajstić information content (AvgIpc) is 2.69. The van der Waals surface area contributed by atoms with Gasteiger partial charge in [0.2, 0.25) is 5.91 Å². The van der Waals surface area contributed by atoms with Gasteiger partial charge in [-0.2, -0.15) is 5.10 Å². The highest BCUT2D eigenvalue weighted by Crippen LogP contribution is 2.27. The van der Waals surface area contributed by atoms with Crippen LogP contribution in [0.4, 0.5) is 11.4 Å². The molecule has 0 aliphatic carbocycles. The molecule has 10 heteroatoms. The zero-order valence-corrected chi connectivity index (χ0v) is 15.3. The molecular weight excluding hydrogens is 386 g/mol. The molecule has 28 heavy (non-hydrogen) atoms. The fourth-order valence-electron chi connectivity index (χ4n) is 2.46. The topological polar surface area (TPSA) is 120 Å². The first-order chi connectivity index (χ1) is 13.4. The molecule has 1 aromatic carbocycles. The lowest BCUT2D eigenvalue weighted by molar-refractivity contribution is -0.384. The molecule has 0 bridgehead atoms. The molecule has 1 atom stereocenters. The van der Waals surface area contributed by atoms with E-state index in [4.69, 9.17) is 11.6 Å². The number of aromatic nitrogens is 3. The van der Waals surface area contributed by atoms with Crippen molar-refractivity contribution in [2.24, 2.45) is 0 Å². The monoisotopic (exact) mass is 399 g/mol. The minimum absolute atomic E-state index is 0.0434. The summed E-state index contributed by atoms with van der Waals surface area (Å²) in [5.74, 6) is -0.561. The number of nitrogens with zero attached hydrogens (tertiary/aromatic N) is 4. The number of benzene rings is 1. The number of carbonyl (C=O) groups excluding carboxylic acids is 1. The third kappa shape index (κ3) is 4.04. The molecule has 1 amide bonds. The molecule has 0 saturated carbocycles. The summed E-state index contributed by atoms with van der Waals surface area (Å²) in [6.45, 7) is 1.50. The molecule has 142 valence electrons. The van der Waals surface area contributed by atoms with Crippen molar-refractivity contribution in [3.8, 4) is 11.3 Å². The van der Waals surface area contributed by atoms with Crippen molar-refractivity contribution >= 4 is 28.9 Å².